The first-order valence-corrected chi connectivity index (χ1v) is 9.46. The van der Waals surface area contributed by atoms with Crippen LogP contribution in [-0.4, -0.2) is 66.3 Å². The molecule has 1 aliphatic rings. The molecule has 0 spiro atoms. The van der Waals surface area contributed by atoms with Gasteiger partial charge in [-0.3, -0.25) is 4.90 Å². The molecule has 0 atom stereocenters. The predicted molar refractivity (Wildman–Crippen MR) is 107 cm³/mol. The van der Waals surface area contributed by atoms with Crippen molar-refractivity contribution >= 4 is 23.8 Å². The van der Waals surface area contributed by atoms with Gasteiger partial charge in [0.2, 0.25) is 0 Å². The highest BCUT2D eigenvalue weighted by atomic mass is 19.1. The summed E-state index contributed by atoms with van der Waals surface area (Å²) < 4.78 is 33.0. The smallest absolute Gasteiger partial charge is 0.407 e. The summed E-state index contributed by atoms with van der Waals surface area (Å²) in [4.78, 5) is 39.7. The Hall–Kier alpha value is -3.69. The zero-order valence-corrected chi connectivity index (χ0v) is 16.8. The van der Waals surface area contributed by atoms with Crippen LogP contribution in [0.3, 0.4) is 0 Å². The summed E-state index contributed by atoms with van der Waals surface area (Å²) in [7, 11) is 1.18. The molecule has 1 saturated heterocycles. The molecule has 0 aromatic heterocycles. The van der Waals surface area contributed by atoms with Gasteiger partial charge in [0.15, 0.2) is 0 Å². The lowest BCUT2D eigenvalue weighted by molar-refractivity contribution is 0.0600. The molecule has 1 N–H and O–H groups in total. The molecule has 0 radical (unpaired) electrons. The monoisotopic (exact) mass is 433 g/mol. The van der Waals surface area contributed by atoms with Crippen LogP contribution in [0.4, 0.5) is 24.1 Å². The number of rotatable bonds is 4. The zero-order valence-electron chi connectivity index (χ0n) is 16.8. The van der Waals surface area contributed by atoms with Gasteiger partial charge in [0.25, 0.3) is 0 Å². The number of amides is 3. The first-order valence-electron chi connectivity index (χ1n) is 9.46. The molecule has 2 aromatic rings. The van der Waals surface area contributed by atoms with Crippen LogP contribution >= 0.6 is 0 Å². The molecule has 10 heteroatoms. The molecule has 31 heavy (non-hydrogen) atoms. The minimum atomic E-state index is -1.07. The van der Waals surface area contributed by atoms with Crippen molar-refractivity contribution in [2.45, 2.75) is 6.54 Å². The molecule has 3 rings (SSSR count). The third-order valence-corrected chi connectivity index (χ3v) is 4.97. The van der Waals surface area contributed by atoms with Crippen molar-refractivity contribution in [1.29, 1.82) is 0 Å². The Balaban J connectivity index is 1.87. The van der Waals surface area contributed by atoms with Crippen molar-refractivity contribution in [2.75, 3.05) is 38.2 Å². The predicted octanol–water partition coefficient (Wildman–Crippen LogP) is 3.17. The van der Waals surface area contributed by atoms with E-state index in [0.29, 0.717) is 0 Å². The van der Waals surface area contributed by atoms with Gasteiger partial charge in [0, 0.05) is 37.4 Å². The summed E-state index contributed by atoms with van der Waals surface area (Å²) >= 11 is 0. The van der Waals surface area contributed by atoms with Crippen molar-refractivity contribution in [3.05, 3.63) is 65.2 Å². The van der Waals surface area contributed by atoms with Crippen LogP contribution in [0.5, 0.6) is 0 Å². The van der Waals surface area contributed by atoms with Crippen molar-refractivity contribution < 1.29 is 33.0 Å². The van der Waals surface area contributed by atoms with Gasteiger partial charge in [-0.15, -0.1) is 0 Å². The first kappa shape index (κ1) is 22.0. The number of carboxylic acid groups (broad SMARTS) is 1. The van der Waals surface area contributed by atoms with E-state index in [9.17, 15) is 23.2 Å². The van der Waals surface area contributed by atoms with Crippen LogP contribution < -0.4 is 4.90 Å². The second-order valence-electron chi connectivity index (χ2n) is 6.90. The molecule has 0 unspecified atom stereocenters. The Labute approximate surface area is 177 Å². The minimum Gasteiger partial charge on any atom is -0.465 e. The van der Waals surface area contributed by atoms with Gasteiger partial charge in [0.05, 0.1) is 19.2 Å². The molecule has 1 heterocycles. The average Bonchev–Trinajstić information content (AvgIpc) is 2.77. The van der Waals surface area contributed by atoms with Gasteiger partial charge in [-0.25, -0.2) is 23.2 Å². The van der Waals surface area contributed by atoms with E-state index >= 15 is 0 Å². The fourth-order valence-electron chi connectivity index (χ4n) is 3.26. The van der Waals surface area contributed by atoms with E-state index in [1.54, 1.807) is 0 Å². The second kappa shape index (κ2) is 9.41. The van der Waals surface area contributed by atoms with Gasteiger partial charge in [-0.05, 0) is 30.3 Å². The van der Waals surface area contributed by atoms with Crippen LogP contribution in [-0.2, 0) is 11.3 Å². The number of nitrogens with zero attached hydrogens (tertiary/aromatic N) is 3. The maximum atomic E-state index is 14.6. The maximum Gasteiger partial charge on any atom is 0.407 e. The van der Waals surface area contributed by atoms with Crippen LogP contribution in [0.15, 0.2) is 42.5 Å². The van der Waals surface area contributed by atoms with E-state index in [1.165, 1.54) is 52.1 Å². The highest BCUT2D eigenvalue weighted by Crippen LogP contribution is 2.23. The SMILES string of the molecule is COC(=O)c1ccc(CN(C(=O)N2CCN(C(=O)O)CC2)c2cccc(F)c2)c(F)c1. The molecule has 0 saturated carbocycles. The Morgan fingerprint density at radius 2 is 1.71 bits per heavy atom. The first-order chi connectivity index (χ1) is 14.8. The number of halogens is 2. The van der Waals surface area contributed by atoms with Gasteiger partial charge in [0.1, 0.15) is 11.6 Å². The number of benzene rings is 2. The minimum absolute atomic E-state index is 0.0252. The highest BCUT2D eigenvalue weighted by Gasteiger charge is 2.28. The average molecular weight is 433 g/mol. The number of hydrogen-bond donors (Lipinski definition) is 1. The normalized spacial score (nSPS) is 13.6. The van der Waals surface area contributed by atoms with Gasteiger partial charge >= 0.3 is 18.1 Å². The zero-order chi connectivity index (χ0) is 22.5. The Kier molecular flexibility index (Phi) is 6.68. The molecular formula is C21H21F2N3O5. The summed E-state index contributed by atoms with van der Waals surface area (Å²) in [6, 6.07) is 8.59. The third-order valence-electron chi connectivity index (χ3n) is 4.97. The molecular weight excluding hydrogens is 412 g/mol. The summed E-state index contributed by atoms with van der Waals surface area (Å²) in [6.45, 7) is 0.372. The van der Waals surface area contributed by atoms with E-state index in [2.05, 4.69) is 4.74 Å². The number of piperazine rings is 1. The summed E-state index contributed by atoms with van der Waals surface area (Å²) in [5.74, 6) is -1.97. The maximum absolute atomic E-state index is 14.6. The topological polar surface area (TPSA) is 90.4 Å². The molecule has 8 nitrogen and oxygen atoms in total. The lowest BCUT2D eigenvalue weighted by Gasteiger charge is -2.36. The van der Waals surface area contributed by atoms with Crippen LogP contribution in [0, 0.1) is 11.6 Å². The Morgan fingerprint density at radius 1 is 1.03 bits per heavy atom. The molecule has 0 aliphatic carbocycles. The number of carbonyl (C=O) groups is 3. The summed E-state index contributed by atoms with van der Waals surface area (Å²) in [6.07, 6.45) is -1.07. The van der Waals surface area contributed by atoms with E-state index in [1.807, 2.05) is 0 Å². The number of esters is 1. The van der Waals surface area contributed by atoms with Crippen LogP contribution in [0.25, 0.3) is 0 Å². The number of anilines is 1. The van der Waals surface area contributed by atoms with E-state index in [4.69, 9.17) is 5.11 Å². The fraction of sp³-hybridized carbons (Fsp3) is 0.286. The fourth-order valence-corrected chi connectivity index (χ4v) is 3.26. The highest BCUT2D eigenvalue weighted by molar-refractivity contribution is 5.92. The number of hydrogen-bond acceptors (Lipinski definition) is 4. The lowest BCUT2D eigenvalue weighted by atomic mass is 10.1. The van der Waals surface area contributed by atoms with Crippen molar-refractivity contribution in [1.82, 2.24) is 9.80 Å². The van der Waals surface area contributed by atoms with Gasteiger partial charge < -0.3 is 19.6 Å². The standard InChI is InChI=1S/C21H21F2N3O5/c1-31-19(27)14-5-6-15(18(23)11-14)13-26(17-4-2-3-16(22)12-17)20(28)24-7-9-25(10-8-24)21(29)30/h2-6,11-12H,7-10,13H2,1H3,(H,29,30). The summed E-state index contributed by atoms with van der Waals surface area (Å²) in [5, 5.41) is 9.08. The van der Waals surface area contributed by atoms with Crippen molar-refractivity contribution in [3.63, 3.8) is 0 Å². The van der Waals surface area contributed by atoms with Gasteiger partial charge in [-0.1, -0.05) is 12.1 Å². The molecule has 1 fully saturated rings. The van der Waals surface area contributed by atoms with Crippen molar-refractivity contribution in [2.24, 2.45) is 0 Å². The number of methoxy groups -OCH3 is 1. The number of carbonyl (C=O) groups excluding carboxylic acids is 2. The summed E-state index contributed by atoms with van der Waals surface area (Å²) in [5.41, 5.74) is 0.369. The third kappa shape index (κ3) is 5.08. The molecule has 0 bridgehead atoms. The van der Waals surface area contributed by atoms with Gasteiger partial charge in [-0.2, -0.15) is 0 Å². The van der Waals surface area contributed by atoms with E-state index < -0.39 is 29.7 Å². The van der Waals surface area contributed by atoms with Crippen LogP contribution in [0.1, 0.15) is 15.9 Å². The quantitative estimate of drug-likeness (QED) is 0.748. The number of urea groups is 1. The van der Waals surface area contributed by atoms with Crippen LogP contribution in [0.2, 0.25) is 0 Å². The molecule has 1 aliphatic heterocycles. The molecule has 164 valence electrons. The lowest BCUT2D eigenvalue weighted by Crippen LogP contribution is -2.53. The Bertz CT molecular complexity index is 993. The second-order valence-corrected chi connectivity index (χ2v) is 6.90. The molecule has 3 amide bonds. The van der Waals surface area contributed by atoms with E-state index in [-0.39, 0.29) is 49.5 Å². The van der Waals surface area contributed by atoms with Crippen molar-refractivity contribution in [3.8, 4) is 0 Å². The number of ether oxygens (including phenoxy) is 1. The van der Waals surface area contributed by atoms with E-state index in [0.717, 1.165) is 12.1 Å². The molecule has 2 aromatic carbocycles. The Morgan fingerprint density at radius 3 is 2.29 bits per heavy atom. The largest absolute Gasteiger partial charge is 0.465 e.